The lowest BCUT2D eigenvalue weighted by atomic mass is 10.1. The van der Waals surface area contributed by atoms with Gasteiger partial charge in [-0.2, -0.15) is 13.2 Å². The van der Waals surface area contributed by atoms with Crippen LogP contribution in [0.25, 0.3) is 0 Å². The van der Waals surface area contributed by atoms with Gasteiger partial charge in [-0.1, -0.05) is 26.0 Å². The van der Waals surface area contributed by atoms with E-state index >= 15 is 0 Å². The number of rotatable bonds is 4. The zero-order valence-electron chi connectivity index (χ0n) is 15.3. The van der Waals surface area contributed by atoms with E-state index in [4.69, 9.17) is 5.73 Å². The fraction of sp³-hybridized carbons (Fsp3) is 0.316. The van der Waals surface area contributed by atoms with Crippen molar-refractivity contribution in [1.29, 1.82) is 0 Å². The summed E-state index contributed by atoms with van der Waals surface area (Å²) in [6, 6.07) is 8.96. The molecule has 27 heavy (non-hydrogen) atoms. The number of aryl methyl sites for hydroxylation is 2. The number of guanidine groups is 1. The average Bonchev–Trinajstić information content (AvgIpc) is 2.61. The smallest absolute Gasteiger partial charge is 0.369 e. The zero-order valence-corrected chi connectivity index (χ0v) is 16.1. The molecule has 0 bridgehead atoms. The molecule has 0 heterocycles. The summed E-state index contributed by atoms with van der Waals surface area (Å²) in [5, 5.41) is 0. The zero-order chi connectivity index (χ0) is 19.5. The maximum absolute atomic E-state index is 14.4. The lowest BCUT2D eigenvalue weighted by Gasteiger charge is -2.19. The standard InChI is InChI=1S/C19H21F4N3.ClH/c1-4-12-7-6-8-15(9-12)26(3)18(24)25-16-11-14(19(21,22)23)10-13(5-2)17(16)20;/h6-11H,4-5H2,1-3H3,(H2,24,25);1H. The third-order valence-electron chi connectivity index (χ3n) is 4.12. The van der Waals surface area contributed by atoms with Gasteiger partial charge in [-0.05, 0) is 48.2 Å². The quantitative estimate of drug-likeness (QED) is 0.417. The SMILES string of the molecule is CCc1cccc(N(C)C(N)=Nc2cc(C(F)(F)F)cc(CC)c2F)c1.Cl. The van der Waals surface area contributed by atoms with Gasteiger partial charge in [0.1, 0.15) is 5.69 Å². The van der Waals surface area contributed by atoms with Crippen molar-refractivity contribution in [2.45, 2.75) is 32.9 Å². The van der Waals surface area contributed by atoms with Gasteiger partial charge in [-0.3, -0.25) is 0 Å². The van der Waals surface area contributed by atoms with Gasteiger partial charge >= 0.3 is 6.18 Å². The van der Waals surface area contributed by atoms with Gasteiger partial charge in [0.15, 0.2) is 5.82 Å². The molecule has 0 aliphatic rings. The summed E-state index contributed by atoms with van der Waals surface area (Å²) in [6.07, 6.45) is -3.65. The molecule has 0 atom stereocenters. The van der Waals surface area contributed by atoms with Gasteiger partial charge in [0.2, 0.25) is 5.96 Å². The van der Waals surface area contributed by atoms with Gasteiger partial charge < -0.3 is 10.6 Å². The number of nitrogens with zero attached hydrogens (tertiary/aromatic N) is 2. The Kier molecular flexibility index (Phi) is 7.65. The molecule has 0 radical (unpaired) electrons. The first kappa shape index (κ1) is 22.8. The van der Waals surface area contributed by atoms with Crippen LogP contribution in [0.2, 0.25) is 0 Å². The second-order valence-electron chi connectivity index (χ2n) is 5.87. The molecule has 0 saturated carbocycles. The number of anilines is 1. The summed E-state index contributed by atoms with van der Waals surface area (Å²) in [5.74, 6) is -0.891. The highest BCUT2D eigenvalue weighted by Gasteiger charge is 2.32. The largest absolute Gasteiger partial charge is 0.416 e. The molecular formula is C19H22ClF4N3. The summed E-state index contributed by atoms with van der Waals surface area (Å²) < 4.78 is 53.6. The van der Waals surface area contributed by atoms with Crippen LogP contribution < -0.4 is 10.6 Å². The summed E-state index contributed by atoms with van der Waals surface area (Å²) in [4.78, 5) is 5.42. The number of alkyl halides is 3. The van der Waals surface area contributed by atoms with Crippen LogP contribution in [0.15, 0.2) is 41.4 Å². The summed E-state index contributed by atoms with van der Waals surface area (Å²) in [6.45, 7) is 3.58. The molecule has 0 unspecified atom stereocenters. The number of aliphatic imine (C=N–C) groups is 1. The van der Waals surface area contributed by atoms with E-state index in [-0.39, 0.29) is 30.4 Å². The maximum atomic E-state index is 14.4. The number of hydrogen-bond acceptors (Lipinski definition) is 1. The van der Waals surface area contributed by atoms with Gasteiger partial charge in [0.25, 0.3) is 0 Å². The van der Waals surface area contributed by atoms with E-state index in [1.165, 1.54) is 4.90 Å². The first-order valence-corrected chi connectivity index (χ1v) is 8.23. The van der Waals surface area contributed by atoms with Crippen LogP contribution in [0.4, 0.5) is 28.9 Å². The third kappa shape index (κ3) is 5.35. The van der Waals surface area contributed by atoms with Crippen molar-refractivity contribution in [1.82, 2.24) is 0 Å². The molecule has 0 aliphatic carbocycles. The average molecular weight is 404 g/mol. The van der Waals surface area contributed by atoms with Crippen LogP contribution >= 0.6 is 12.4 Å². The van der Waals surface area contributed by atoms with Gasteiger partial charge in [-0.15, -0.1) is 12.4 Å². The van der Waals surface area contributed by atoms with Crippen LogP contribution in [-0.2, 0) is 19.0 Å². The number of halogens is 5. The van der Waals surface area contributed by atoms with Gasteiger partial charge in [0, 0.05) is 12.7 Å². The molecule has 2 aromatic carbocycles. The molecule has 2 N–H and O–H groups in total. The highest BCUT2D eigenvalue weighted by atomic mass is 35.5. The molecule has 2 rings (SSSR count). The Labute approximate surface area is 162 Å². The van der Waals surface area contributed by atoms with Crippen molar-refractivity contribution >= 4 is 29.7 Å². The highest BCUT2D eigenvalue weighted by Crippen LogP contribution is 2.35. The van der Waals surface area contributed by atoms with Crippen molar-refractivity contribution in [3.8, 4) is 0 Å². The Morgan fingerprint density at radius 3 is 2.33 bits per heavy atom. The van der Waals surface area contributed by atoms with Crippen molar-refractivity contribution in [2.75, 3.05) is 11.9 Å². The maximum Gasteiger partial charge on any atom is 0.416 e. The first-order chi connectivity index (χ1) is 12.2. The minimum atomic E-state index is -4.59. The van der Waals surface area contributed by atoms with E-state index in [0.717, 1.165) is 18.1 Å². The molecule has 8 heteroatoms. The molecule has 0 amide bonds. The lowest BCUT2D eigenvalue weighted by Crippen LogP contribution is -2.33. The van der Waals surface area contributed by atoms with Crippen molar-refractivity contribution in [3.05, 3.63) is 58.9 Å². The lowest BCUT2D eigenvalue weighted by molar-refractivity contribution is -0.137. The molecule has 0 fully saturated rings. The van der Waals surface area contributed by atoms with Crippen molar-refractivity contribution < 1.29 is 17.6 Å². The van der Waals surface area contributed by atoms with Crippen molar-refractivity contribution in [3.63, 3.8) is 0 Å². The van der Waals surface area contributed by atoms with E-state index < -0.39 is 23.2 Å². The number of nitrogens with two attached hydrogens (primary N) is 1. The highest BCUT2D eigenvalue weighted by molar-refractivity contribution is 5.96. The fourth-order valence-corrected chi connectivity index (χ4v) is 2.49. The van der Waals surface area contributed by atoms with Crippen molar-refractivity contribution in [2.24, 2.45) is 10.7 Å². The van der Waals surface area contributed by atoms with Gasteiger partial charge in [0.05, 0.1) is 5.56 Å². The van der Waals surface area contributed by atoms with E-state index in [1.54, 1.807) is 20.0 Å². The van der Waals surface area contributed by atoms with E-state index in [9.17, 15) is 17.6 Å². The normalized spacial score (nSPS) is 11.9. The van der Waals surface area contributed by atoms with E-state index in [0.29, 0.717) is 11.8 Å². The number of benzene rings is 2. The monoisotopic (exact) mass is 403 g/mol. The third-order valence-corrected chi connectivity index (χ3v) is 4.12. The minimum absolute atomic E-state index is 0. The van der Waals surface area contributed by atoms with E-state index in [1.807, 2.05) is 25.1 Å². The van der Waals surface area contributed by atoms with Crippen LogP contribution in [0.5, 0.6) is 0 Å². The van der Waals surface area contributed by atoms with Crippen LogP contribution in [-0.4, -0.2) is 13.0 Å². The Bertz CT molecular complexity index is 819. The Morgan fingerprint density at radius 2 is 1.78 bits per heavy atom. The van der Waals surface area contributed by atoms with Crippen LogP contribution in [0.3, 0.4) is 0 Å². The molecule has 0 aliphatic heterocycles. The topological polar surface area (TPSA) is 41.6 Å². The Balaban J connectivity index is 0.00000364. The predicted octanol–water partition coefficient (Wildman–Crippen LogP) is 5.47. The predicted molar refractivity (Wildman–Crippen MR) is 104 cm³/mol. The molecule has 0 spiro atoms. The van der Waals surface area contributed by atoms with Crippen LogP contribution in [0.1, 0.15) is 30.5 Å². The molecule has 0 saturated heterocycles. The number of hydrogen-bond donors (Lipinski definition) is 1. The molecule has 148 valence electrons. The molecule has 0 aromatic heterocycles. The minimum Gasteiger partial charge on any atom is -0.369 e. The molecule has 3 nitrogen and oxygen atoms in total. The molecule has 2 aromatic rings. The first-order valence-electron chi connectivity index (χ1n) is 8.23. The Hall–Kier alpha value is -2.28. The van der Waals surface area contributed by atoms with E-state index in [2.05, 4.69) is 4.99 Å². The molecular weight excluding hydrogens is 382 g/mol. The summed E-state index contributed by atoms with van der Waals surface area (Å²) in [5.41, 5.74) is 6.28. The summed E-state index contributed by atoms with van der Waals surface area (Å²) >= 11 is 0. The fourth-order valence-electron chi connectivity index (χ4n) is 2.49. The van der Waals surface area contributed by atoms with Crippen LogP contribution in [0, 0.1) is 5.82 Å². The van der Waals surface area contributed by atoms with Gasteiger partial charge in [-0.25, -0.2) is 9.38 Å². The summed E-state index contributed by atoms with van der Waals surface area (Å²) in [7, 11) is 1.62. The second-order valence-corrected chi connectivity index (χ2v) is 5.87. The Morgan fingerprint density at radius 1 is 1.11 bits per heavy atom. The second kappa shape index (κ2) is 9.08.